The molecule has 0 saturated heterocycles. The van der Waals surface area contributed by atoms with Crippen LogP contribution in [0, 0.1) is 0 Å². The molecule has 0 fully saturated rings. The molecule has 0 saturated carbocycles. The topological polar surface area (TPSA) is 46.2 Å². The lowest BCUT2D eigenvalue weighted by atomic mass is 10.1. The molecule has 1 aromatic rings. The third-order valence-corrected chi connectivity index (χ3v) is 9.26. The highest BCUT2D eigenvalue weighted by Crippen LogP contribution is 2.37. The predicted molar refractivity (Wildman–Crippen MR) is 96.2 cm³/mol. The van der Waals surface area contributed by atoms with Crippen LogP contribution in [-0.4, -0.2) is 41.7 Å². The fraction of sp³-hybridized carbons (Fsp3) is 0.667. The van der Waals surface area contributed by atoms with Crippen molar-refractivity contribution in [3.63, 3.8) is 0 Å². The number of ether oxygens (including phenoxy) is 4. The second-order valence-electron chi connectivity index (χ2n) is 7.66. The van der Waals surface area contributed by atoms with Gasteiger partial charge in [0.1, 0.15) is 6.79 Å². The summed E-state index contributed by atoms with van der Waals surface area (Å²) in [6.07, 6.45) is 0.689. The molecular weight excluding hydrogens is 324 g/mol. The number of methoxy groups -OCH3 is 1. The average Bonchev–Trinajstić information content (AvgIpc) is 2.96. The van der Waals surface area contributed by atoms with Crippen LogP contribution < -0.4 is 9.47 Å². The van der Waals surface area contributed by atoms with Crippen molar-refractivity contribution in [1.29, 1.82) is 0 Å². The van der Waals surface area contributed by atoms with Gasteiger partial charge in [0.2, 0.25) is 6.79 Å². The van der Waals surface area contributed by atoms with Crippen LogP contribution in [-0.2, 0) is 20.3 Å². The van der Waals surface area contributed by atoms with Gasteiger partial charge in [-0.1, -0.05) is 26.8 Å². The van der Waals surface area contributed by atoms with Crippen LogP contribution in [0.5, 0.6) is 11.5 Å². The number of hydrogen-bond acceptors (Lipinski definition) is 5. The molecule has 1 atom stereocenters. The first kappa shape index (κ1) is 19.2. The van der Waals surface area contributed by atoms with Gasteiger partial charge in [-0.2, -0.15) is 0 Å². The molecule has 1 heterocycles. The summed E-state index contributed by atoms with van der Waals surface area (Å²) in [4.78, 5) is 0. The molecule has 6 heteroatoms. The number of benzene rings is 1. The van der Waals surface area contributed by atoms with E-state index in [2.05, 4.69) is 33.9 Å². The summed E-state index contributed by atoms with van der Waals surface area (Å²) < 4.78 is 28.0. The smallest absolute Gasteiger partial charge is 0.231 e. The van der Waals surface area contributed by atoms with Crippen LogP contribution in [0.2, 0.25) is 18.1 Å². The molecule has 0 aliphatic carbocycles. The highest BCUT2D eigenvalue weighted by molar-refractivity contribution is 6.74. The fourth-order valence-electron chi connectivity index (χ4n) is 2.18. The van der Waals surface area contributed by atoms with E-state index >= 15 is 0 Å². The van der Waals surface area contributed by atoms with Crippen LogP contribution in [0.3, 0.4) is 0 Å². The average molecular weight is 355 g/mol. The Morgan fingerprint density at radius 1 is 1.17 bits per heavy atom. The molecule has 0 unspecified atom stereocenters. The minimum atomic E-state index is -1.81. The maximum absolute atomic E-state index is 6.32. The fourth-order valence-corrected chi connectivity index (χ4v) is 3.21. The highest BCUT2D eigenvalue weighted by Gasteiger charge is 2.37. The summed E-state index contributed by atoms with van der Waals surface area (Å²) in [5.41, 5.74) is 1.14. The van der Waals surface area contributed by atoms with E-state index in [0.29, 0.717) is 6.61 Å². The van der Waals surface area contributed by atoms with Crippen molar-refractivity contribution >= 4 is 8.32 Å². The molecule has 0 N–H and O–H groups in total. The van der Waals surface area contributed by atoms with E-state index in [9.17, 15) is 0 Å². The zero-order chi connectivity index (χ0) is 17.8. The molecule has 1 aliphatic rings. The van der Waals surface area contributed by atoms with E-state index in [0.717, 1.165) is 23.5 Å². The molecule has 1 aliphatic heterocycles. The van der Waals surface area contributed by atoms with Gasteiger partial charge in [0.15, 0.2) is 19.8 Å². The Labute approximate surface area is 146 Å². The molecule has 1 aromatic carbocycles. The van der Waals surface area contributed by atoms with E-state index < -0.39 is 8.32 Å². The number of rotatable bonds is 8. The highest BCUT2D eigenvalue weighted by atomic mass is 28.4. The summed E-state index contributed by atoms with van der Waals surface area (Å²) in [6, 6.07) is 6.00. The molecule has 5 nitrogen and oxygen atoms in total. The Bertz CT molecular complexity index is 539. The van der Waals surface area contributed by atoms with Crippen LogP contribution in [0.15, 0.2) is 18.2 Å². The van der Waals surface area contributed by atoms with Crippen LogP contribution in [0.25, 0.3) is 0 Å². The first-order chi connectivity index (χ1) is 11.2. The van der Waals surface area contributed by atoms with Gasteiger partial charge in [0.05, 0.1) is 12.7 Å². The van der Waals surface area contributed by atoms with Crippen molar-refractivity contribution in [3.05, 3.63) is 23.8 Å². The summed E-state index contributed by atoms with van der Waals surface area (Å²) in [5, 5.41) is 0.178. The summed E-state index contributed by atoms with van der Waals surface area (Å²) >= 11 is 0. The number of fused-ring (bicyclic) bond motifs is 1. The lowest BCUT2D eigenvalue weighted by Gasteiger charge is -2.37. The normalized spacial score (nSPS) is 15.6. The Kier molecular flexibility index (Phi) is 6.31. The van der Waals surface area contributed by atoms with Gasteiger partial charge in [-0.15, -0.1) is 0 Å². The molecule has 0 amide bonds. The van der Waals surface area contributed by atoms with Gasteiger partial charge < -0.3 is 23.4 Å². The monoisotopic (exact) mass is 354 g/mol. The van der Waals surface area contributed by atoms with Crippen molar-refractivity contribution in [3.8, 4) is 11.5 Å². The Morgan fingerprint density at radius 3 is 2.54 bits per heavy atom. The molecule has 136 valence electrons. The van der Waals surface area contributed by atoms with Crippen molar-refractivity contribution in [2.45, 2.75) is 51.4 Å². The zero-order valence-corrected chi connectivity index (χ0v) is 16.7. The number of hydrogen-bond donors (Lipinski definition) is 0. The molecule has 0 aromatic heterocycles. The lowest BCUT2D eigenvalue weighted by molar-refractivity contribution is -0.0845. The standard InChI is InChI=1S/C18H30O5Si/c1-18(2,3)24(5,6)23-11-15(20-12-19-4)9-14-7-8-16-17(10-14)22-13-21-16/h7-8,10,15H,9,11-13H2,1-6H3/t15-/m1/s1. The maximum Gasteiger partial charge on any atom is 0.231 e. The van der Waals surface area contributed by atoms with Gasteiger partial charge >= 0.3 is 0 Å². The van der Waals surface area contributed by atoms with Crippen LogP contribution >= 0.6 is 0 Å². The second-order valence-corrected chi connectivity index (χ2v) is 12.5. The molecule has 0 spiro atoms. The summed E-state index contributed by atoms with van der Waals surface area (Å²) in [5.74, 6) is 1.59. The molecule has 0 bridgehead atoms. The Hall–Kier alpha value is -1.08. The quantitative estimate of drug-likeness (QED) is 0.522. The third-order valence-electron chi connectivity index (χ3n) is 4.76. The van der Waals surface area contributed by atoms with Crippen molar-refractivity contribution in [2.75, 3.05) is 27.3 Å². The predicted octanol–water partition coefficient (Wildman–Crippen LogP) is 3.97. The van der Waals surface area contributed by atoms with E-state index in [1.54, 1.807) is 7.11 Å². The van der Waals surface area contributed by atoms with Gasteiger partial charge in [0.25, 0.3) is 0 Å². The van der Waals surface area contributed by atoms with Crippen molar-refractivity contribution in [1.82, 2.24) is 0 Å². The minimum absolute atomic E-state index is 0.0561. The van der Waals surface area contributed by atoms with E-state index in [-0.39, 0.29) is 24.7 Å². The third kappa shape index (κ3) is 4.96. The minimum Gasteiger partial charge on any atom is -0.454 e. The second kappa shape index (κ2) is 7.87. The van der Waals surface area contributed by atoms with Gasteiger partial charge in [-0.05, 0) is 35.8 Å². The largest absolute Gasteiger partial charge is 0.454 e. The van der Waals surface area contributed by atoms with E-state index in [1.165, 1.54) is 0 Å². The summed E-state index contributed by atoms with van der Waals surface area (Å²) in [6.45, 7) is 12.3. The molecular formula is C18H30O5Si. The summed E-state index contributed by atoms with van der Waals surface area (Å²) in [7, 11) is -0.175. The van der Waals surface area contributed by atoms with Crippen LogP contribution in [0.4, 0.5) is 0 Å². The Morgan fingerprint density at radius 2 is 1.88 bits per heavy atom. The zero-order valence-electron chi connectivity index (χ0n) is 15.7. The van der Waals surface area contributed by atoms with Crippen molar-refractivity contribution < 1.29 is 23.4 Å². The molecule has 2 rings (SSSR count). The van der Waals surface area contributed by atoms with E-state index in [1.807, 2.05) is 18.2 Å². The van der Waals surface area contributed by atoms with E-state index in [4.69, 9.17) is 23.4 Å². The molecule has 24 heavy (non-hydrogen) atoms. The maximum atomic E-state index is 6.32. The Balaban J connectivity index is 2.00. The van der Waals surface area contributed by atoms with Crippen LogP contribution in [0.1, 0.15) is 26.3 Å². The molecule has 0 radical (unpaired) electrons. The first-order valence-corrected chi connectivity index (χ1v) is 11.3. The SMILES string of the molecule is COCO[C@@H](CO[Si](C)(C)C(C)(C)C)Cc1ccc2c(c1)OCO2. The first-order valence-electron chi connectivity index (χ1n) is 8.36. The van der Waals surface area contributed by atoms with Crippen molar-refractivity contribution in [2.24, 2.45) is 0 Å². The van der Waals surface area contributed by atoms with Gasteiger partial charge in [-0.25, -0.2) is 0 Å². The van der Waals surface area contributed by atoms with Gasteiger partial charge in [0, 0.05) is 13.5 Å². The van der Waals surface area contributed by atoms with Gasteiger partial charge in [-0.3, -0.25) is 0 Å². The lowest BCUT2D eigenvalue weighted by Crippen LogP contribution is -2.43.